The van der Waals surface area contributed by atoms with Crippen LogP contribution in [-0.2, 0) is 5.88 Å². The van der Waals surface area contributed by atoms with E-state index in [0.717, 1.165) is 0 Å². The number of nitrogens with one attached hydrogen (secondary N) is 1. The van der Waals surface area contributed by atoms with Crippen LogP contribution in [0.3, 0.4) is 0 Å². The number of aromatic nitrogens is 2. The topological polar surface area (TPSA) is 51.0 Å². The van der Waals surface area contributed by atoms with Crippen molar-refractivity contribution in [2.45, 2.75) is 42.9 Å². The molecule has 1 aliphatic rings. The van der Waals surface area contributed by atoms with Gasteiger partial charge in [0.1, 0.15) is 5.88 Å². The minimum atomic E-state index is 0.269. The Labute approximate surface area is 105 Å². The van der Waals surface area contributed by atoms with Crippen molar-refractivity contribution in [1.82, 2.24) is 10.2 Å². The van der Waals surface area contributed by atoms with Crippen LogP contribution in [0, 0.1) is 0 Å². The number of anilines is 1. The van der Waals surface area contributed by atoms with Gasteiger partial charge in [0.2, 0.25) is 5.89 Å². The fourth-order valence-corrected chi connectivity index (χ4v) is 3.11. The Morgan fingerprint density at radius 1 is 1.44 bits per heavy atom. The first kappa shape index (κ1) is 12.0. The number of thioether (sulfide) groups is 1. The zero-order valence-corrected chi connectivity index (χ0v) is 10.9. The lowest BCUT2D eigenvalue weighted by atomic mass is 9.95. The molecule has 2 atom stereocenters. The van der Waals surface area contributed by atoms with Crippen molar-refractivity contribution in [3.8, 4) is 0 Å². The third-order valence-electron chi connectivity index (χ3n) is 2.90. The molecule has 2 unspecified atom stereocenters. The Balaban J connectivity index is 1.96. The molecule has 0 amide bonds. The normalized spacial score (nSPS) is 25.6. The van der Waals surface area contributed by atoms with Crippen LogP contribution in [0.4, 0.5) is 6.01 Å². The van der Waals surface area contributed by atoms with Gasteiger partial charge in [-0.3, -0.25) is 0 Å². The van der Waals surface area contributed by atoms with Gasteiger partial charge in [0.25, 0.3) is 0 Å². The molecule has 1 N–H and O–H groups in total. The van der Waals surface area contributed by atoms with E-state index in [2.05, 4.69) is 21.8 Å². The summed E-state index contributed by atoms with van der Waals surface area (Å²) in [6.07, 6.45) is 7.17. The molecule has 1 heterocycles. The second-order valence-electron chi connectivity index (χ2n) is 3.94. The Hall–Kier alpha value is -0.420. The van der Waals surface area contributed by atoms with Gasteiger partial charge in [0, 0.05) is 11.3 Å². The first-order valence-corrected chi connectivity index (χ1v) is 7.33. The van der Waals surface area contributed by atoms with E-state index in [1.165, 1.54) is 25.7 Å². The van der Waals surface area contributed by atoms with E-state index in [4.69, 9.17) is 16.0 Å². The van der Waals surface area contributed by atoms with Gasteiger partial charge >= 0.3 is 6.01 Å². The molecule has 6 heteroatoms. The van der Waals surface area contributed by atoms with Crippen LogP contribution in [0.25, 0.3) is 0 Å². The van der Waals surface area contributed by atoms with Gasteiger partial charge in [-0.2, -0.15) is 11.8 Å². The summed E-state index contributed by atoms with van der Waals surface area (Å²) in [5.41, 5.74) is 0. The van der Waals surface area contributed by atoms with Crippen LogP contribution in [-0.4, -0.2) is 27.7 Å². The van der Waals surface area contributed by atoms with Crippen LogP contribution in [0.15, 0.2) is 4.42 Å². The van der Waals surface area contributed by atoms with Gasteiger partial charge in [0.15, 0.2) is 0 Å². The van der Waals surface area contributed by atoms with E-state index in [1.807, 2.05) is 11.8 Å². The van der Waals surface area contributed by atoms with E-state index in [1.54, 1.807) is 0 Å². The van der Waals surface area contributed by atoms with Crippen molar-refractivity contribution in [2.75, 3.05) is 11.6 Å². The van der Waals surface area contributed by atoms with Crippen molar-refractivity contribution in [1.29, 1.82) is 0 Å². The van der Waals surface area contributed by atoms with Gasteiger partial charge in [-0.05, 0) is 19.1 Å². The average Bonchev–Trinajstić information content (AvgIpc) is 2.77. The monoisotopic (exact) mass is 261 g/mol. The summed E-state index contributed by atoms with van der Waals surface area (Å²) in [7, 11) is 0. The number of hydrogen-bond acceptors (Lipinski definition) is 5. The molecule has 1 saturated carbocycles. The van der Waals surface area contributed by atoms with Crippen molar-refractivity contribution in [3.05, 3.63) is 5.89 Å². The first-order chi connectivity index (χ1) is 7.83. The van der Waals surface area contributed by atoms with Gasteiger partial charge < -0.3 is 9.73 Å². The molecular formula is C10H16ClN3OS. The Kier molecular flexibility index (Phi) is 4.35. The Morgan fingerprint density at radius 2 is 2.25 bits per heavy atom. The van der Waals surface area contributed by atoms with Gasteiger partial charge in [-0.25, -0.2) is 0 Å². The Bertz CT molecular complexity index is 334. The number of rotatable bonds is 4. The lowest BCUT2D eigenvalue weighted by molar-refractivity contribution is 0.453. The second kappa shape index (κ2) is 5.77. The maximum absolute atomic E-state index is 5.61. The van der Waals surface area contributed by atoms with Crippen molar-refractivity contribution in [3.63, 3.8) is 0 Å². The van der Waals surface area contributed by atoms with Crippen LogP contribution in [0.5, 0.6) is 0 Å². The van der Waals surface area contributed by atoms with Crippen molar-refractivity contribution >= 4 is 29.4 Å². The van der Waals surface area contributed by atoms with Crippen LogP contribution >= 0.6 is 23.4 Å². The highest BCUT2D eigenvalue weighted by atomic mass is 35.5. The molecule has 0 bridgehead atoms. The standard InChI is InChI=1S/C10H16ClN3OS/c1-16-8-5-3-2-4-7(8)12-10-14-13-9(6-11)15-10/h7-8H,2-6H2,1H3,(H,12,14). The average molecular weight is 262 g/mol. The molecule has 0 aromatic carbocycles. The molecule has 0 aliphatic heterocycles. The zero-order chi connectivity index (χ0) is 11.4. The van der Waals surface area contributed by atoms with Crippen LogP contribution < -0.4 is 5.32 Å². The third-order valence-corrected chi connectivity index (χ3v) is 4.29. The minimum Gasteiger partial charge on any atom is -0.407 e. The smallest absolute Gasteiger partial charge is 0.315 e. The molecule has 1 fully saturated rings. The third kappa shape index (κ3) is 2.83. The predicted molar refractivity (Wildman–Crippen MR) is 67.0 cm³/mol. The summed E-state index contributed by atoms with van der Waals surface area (Å²) in [5.74, 6) is 0.742. The summed E-state index contributed by atoms with van der Waals surface area (Å²) < 4.78 is 5.35. The van der Waals surface area contributed by atoms with E-state index >= 15 is 0 Å². The van der Waals surface area contributed by atoms with E-state index in [9.17, 15) is 0 Å². The number of hydrogen-bond donors (Lipinski definition) is 1. The molecule has 1 aliphatic carbocycles. The number of alkyl halides is 1. The van der Waals surface area contributed by atoms with Crippen molar-refractivity contribution in [2.24, 2.45) is 0 Å². The number of nitrogens with zero attached hydrogens (tertiary/aromatic N) is 2. The predicted octanol–water partition coefficient (Wildman–Crippen LogP) is 2.89. The molecule has 16 heavy (non-hydrogen) atoms. The van der Waals surface area contributed by atoms with E-state index in [-0.39, 0.29) is 5.88 Å². The largest absolute Gasteiger partial charge is 0.407 e. The molecule has 90 valence electrons. The highest BCUT2D eigenvalue weighted by Crippen LogP contribution is 2.29. The molecule has 0 spiro atoms. The molecule has 0 saturated heterocycles. The summed E-state index contributed by atoms with van der Waals surface area (Å²) in [6, 6.07) is 0.939. The Morgan fingerprint density at radius 3 is 2.94 bits per heavy atom. The van der Waals surface area contributed by atoms with E-state index in [0.29, 0.717) is 23.2 Å². The highest BCUT2D eigenvalue weighted by Gasteiger charge is 2.25. The first-order valence-electron chi connectivity index (χ1n) is 5.51. The zero-order valence-electron chi connectivity index (χ0n) is 9.28. The molecular weight excluding hydrogens is 246 g/mol. The summed E-state index contributed by atoms with van der Waals surface area (Å²) in [6.45, 7) is 0. The van der Waals surface area contributed by atoms with Crippen LogP contribution in [0.2, 0.25) is 0 Å². The minimum absolute atomic E-state index is 0.269. The van der Waals surface area contributed by atoms with Gasteiger partial charge in [-0.15, -0.1) is 16.7 Å². The molecule has 0 radical (unpaired) electrons. The maximum atomic E-state index is 5.61. The maximum Gasteiger partial charge on any atom is 0.315 e. The van der Waals surface area contributed by atoms with E-state index < -0.39 is 0 Å². The van der Waals surface area contributed by atoms with Crippen molar-refractivity contribution < 1.29 is 4.42 Å². The summed E-state index contributed by atoms with van der Waals surface area (Å²) in [4.78, 5) is 0. The molecule has 1 aromatic heterocycles. The fourth-order valence-electron chi connectivity index (χ4n) is 2.07. The lowest BCUT2D eigenvalue weighted by Crippen LogP contribution is -2.34. The summed E-state index contributed by atoms with van der Waals surface area (Å²) in [5, 5.41) is 11.7. The molecule has 2 rings (SSSR count). The van der Waals surface area contributed by atoms with Gasteiger partial charge in [0.05, 0.1) is 0 Å². The highest BCUT2D eigenvalue weighted by molar-refractivity contribution is 7.99. The fraction of sp³-hybridized carbons (Fsp3) is 0.800. The SMILES string of the molecule is CSC1CCCCC1Nc1nnc(CCl)o1. The molecule has 1 aromatic rings. The van der Waals surface area contributed by atoms with Gasteiger partial charge in [-0.1, -0.05) is 17.9 Å². The number of halogens is 1. The second-order valence-corrected chi connectivity index (χ2v) is 5.29. The van der Waals surface area contributed by atoms with Crippen LogP contribution in [0.1, 0.15) is 31.6 Å². The summed E-state index contributed by atoms with van der Waals surface area (Å²) >= 11 is 7.52. The lowest BCUT2D eigenvalue weighted by Gasteiger charge is -2.30. The quantitative estimate of drug-likeness (QED) is 0.845. The molecule has 4 nitrogen and oxygen atoms in total.